The van der Waals surface area contributed by atoms with Crippen molar-refractivity contribution in [2.24, 2.45) is 5.92 Å². The molecule has 0 saturated carbocycles. The van der Waals surface area contributed by atoms with Gasteiger partial charge in [0.05, 0.1) is 5.02 Å². The molecule has 1 unspecified atom stereocenters. The number of alkyl halides is 1. The first kappa shape index (κ1) is 15.8. The molecule has 0 fully saturated rings. The fourth-order valence-electron chi connectivity index (χ4n) is 2.16. The van der Waals surface area contributed by atoms with Crippen molar-refractivity contribution in [2.45, 2.75) is 12.8 Å². The van der Waals surface area contributed by atoms with Crippen molar-refractivity contribution in [3.8, 4) is 0 Å². The van der Waals surface area contributed by atoms with Gasteiger partial charge < -0.3 is 0 Å². The molecule has 0 aliphatic heterocycles. The van der Waals surface area contributed by atoms with Crippen molar-refractivity contribution < 1.29 is 4.39 Å². The Bertz CT molecular complexity index is 586. The van der Waals surface area contributed by atoms with Gasteiger partial charge in [0, 0.05) is 10.4 Å². The molecule has 0 aliphatic rings. The second kappa shape index (κ2) is 7.44. The fourth-order valence-corrected chi connectivity index (χ4v) is 2.94. The molecule has 0 heterocycles. The van der Waals surface area contributed by atoms with Gasteiger partial charge in [-0.15, -0.1) is 11.6 Å². The third-order valence-corrected chi connectivity index (χ3v) is 4.71. The Balaban J connectivity index is 2.09. The molecule has 2 aromatic rings. The minimum absolute atomic E-state index is 0.155. The molecule has 2 aromatic carbocycles. The van der Waals surface area contributed by atoms with Gasteiger partial charge in [-0.2, -0.15) is 0 Å². The molecule has 0 radical (unpaired) electrons. The van der Waals surface area contributed by atoms with Crippen molar-refractivity contribution in [1.82, 2.24) is 0 Å². The maximum atomic E-state index is 13.5. The summed E-state index contributed by atoms with van der Waals surface area (Å²) in [5.41, 5.74) is 2.14. The van der Waals surface area contributed by atoms with E-state index in [4.69, 9.17) is 23.2 Å². The third-order valence-electron chi connectivity index (χ3n) is 3.19. The lowest BCUT2D eigenvalue weighted by Crippen LogP contribution is -2.10. The first-order valence-electron chi connectivity index (χ1n) is 6.33. The molecular weight excluding hydrogens is 362 g/mol. The maximum Gasteiger partial charge on any atom is 0.142 e. The zero-order valence-electron chi connectivity index (χ0n) is 10.8. The van der Waals surface area contributed by atoms with Gasteiger partial charge in [0.2, 0.25) is 0 Å². The number of halogens is 4. The first-order valence-corrected chi connectivity index (χ1v) is 8.04. The summed E-state index contributed by atoms with van der Waals surface area (Å²) in [5, 5.41) is 0.155. The summed E-state index contributed by atoms with van der Waals surface area (Å²) < 4.78 is 14.5. The summed E-state index contributed by atoms with van der Waals surface area (Å²) in [4.78, 5) is 0. The molecule has 0 N–H and O–H groups in total. The Morgan fingerprint density at radius 2 is 1.85 bits per heavy atom. The van der Waals surface area contributed by atoms with Crippen molar-refractivity contribution in [3.05, 3.63) is 68.9 Å². The smallest absolute Gasteiger partial charge is 0.142 e. The van der Waals surface area contributed by atoms with E-state index in [1.54, 1.807) is 6.07 Å². The van der Waals surface area contributed by atoms with E-state index < -0.39 is 0 Å². The number of benzene rings is 2. The quantitative estimate of drug-likeness (QED) is 0.572. The zero-order valence-corrected chi connectivity index (χ0v) is 13.8. The molecular formula is C16H14BrCl2F. The van der Waals surface area contributed by atoms with Gasteiger partial charge in [0.25, 0.3) is 0 Å². The molecule has 4 heteroatoms. The van der Waals surface area contributed by atoms with Crippen LogP contribution in [0, 0.1) is 11.7 Å². The van der Waals surface area contributed by atoms with Crippen LogP contribution in [0.2, 0.25) is 5.02 Å². The van der Waals surface area contributed by atoms with Crippen LogP contribution in [0.15, 0.2) is 46.9 Å². The Labute approximate surface area is 137 Å². The van der Waals surface area contributed by atoms with E-state index >= 15 is 0 Å². The van der Waals surface area contributed by atoms with Crippen molar-refractivity contribution >= 4 is 39.1 Å². The Hall–Kier alpha value is -0.570. The van der Waals surface area contributed by atoms with Crippen molar-refractivity contribution in [2.75, 3.05) is 5.88 Å². The summed E-state index contributed by atoms with van der Waals surface area (Å²) in [6.45, 7) is 0. The average Bonchev–Trinajstić information content (AvgIpc) is 2.44. The van der Waals surface area contributed by atoms with Gasteiger partial charge in [-0.3, -0.25) is 0 Å². The van der Waals surface area contributed by atoms with E-state index in [0.29, 0.717) is 5.88 Å². The molecule has 0 spiro atoms. The molecule has 0 aliphatic carbocycles. The topological polar surface area (TPSA) is 0 Å². The van der Waals surface area contributed by atoms with E-state index in [-0.39, 0.29) is 16.8 Å². The second-order valence-corrected chi connectivity index (χ2v) is 6.34. The van der Waals surface area contributed by atoms with Gasteiger partial charge in [0.15, 0.2) is 0 Å². The highest BCUT2D eigenvalue weighted by atomic mass is 79.9. The Morgan fingerprint density at radius 1 is 1.10 bits per heavy atom. The molecule has 2 rings (SSSR count). The van der Waals surface area contributed by atoms with Crippen LogP contribution in [-0.4, -0.2) is 5.88 Å². The predicted octanol–water partition coefficient (Wildman–Crippen LogP) is 5.88. The molecule has 106 valence electrons. The van der Waals surface area contributed by atoms with Gasteiger partial charge in [0.1, 0.15) is 5.82 Å². The highest BCUT2D eigenvalue weighted by molar-refractivity contribution is 9.10. The van der Waals surface area contributed by atoms with Crippen LogP contribution in [0.1, 0.15) is 11.1 Å². The molecule has 0 aromatic heterocycles. The van der Waals surface area contributed by atoms with Crippen LogP contribution < -0.4 is 0 Å². The highest BCUT2D eigenvalue weighted by Gasteiger charge is 2.12. The molecule has 0 nitrogen and oxygen atoms in total. The lowest BCUT2D eigenvalue weighted by molar-refractivity contribution is 0.575. The normalized spacial score (nSPS) is 12.4. The highest BCUT2D eigenvalue weighted by Crippen LogP contribution is 2.24. The summed E-state index contributed by atoms with van der Waals surface area (Å²) in [5.74, 6) is 0.417. The lowest BCUT2D eigenvalue weighted by atomic mass is 9.94. The van der Waals surface area contributed by atoms with E-state index in [9.17, 15) is 4.39 Å². The van der Waals surface area contributed by atoms with Crippen LogP contribution in [-0.2, 0) is 12.8 Å². The standard InChI is InChI=1S/C16H14BrCl2F/c17-14-4-2-1-3-13(14)8-12(10-18)7-11-5-6-15(19)16(20)9-11/h1-6,9,12H,7-8,10H2. The minimum atomic E-state index is -0.376. The van der Waals surface area contributed by atoms with Gasteiger partial charge in [-0.05, 0) is 48.1 Å². The van der Waals surface area contributed by atoms with Crippen molar-refractivity contribution in [1.29, 1.82) is 0 Å². The van der Waals surface area contributed by atoms with Gasteiger partial charge in [-0.25, -0.2) is 4.39 Å². The Kier molecular flexibility index (Phi) is 5.88. The van der Waals surface area contributed by atoms with Crippen molar-refractivity contribution in [3.63, 3.8) is 0 Å². The zero-order chi connectivity index (χ0) is 14.5. The van der Waals surface area contributed by atoms with E-state index in [2.05, 4.69) is 22.0 Å². The van der Waals surface area contributed by atoms with Crippen LogP contribution in [0.4, 0.5) is 4.39 Å². The molecule has 0 amide bonds. The average molecular weight is 376 g/mol. The van der Waals surface area contributed by atoms with E-state index in [1.807, 2.05) is 24.3 Å². The molecule has 20 heavy (non-hydrogen) atoms. The number of hydrogen-bond donors (Lipinski definition) is 0. The van der Waals surface area contributed by atoms with Crippen LogP contribution in [0.3, 0.4) is 0 Å². The summed E-state index contributed by atoms with van der Waals surface area (Å²) in [6, 6.07) is 13.0. The largest absolute Gasteiger partial charge is 0.205 e. The van der Waals surface area contributed by atoms with Gasteiger partial charge >= 0.3 is 0 Å². The second-order valence-electron chi connectivity index (χ2n) is 4.77. The number of hydrogen-bond acceptors (Lipinski definition) is 0. The molecule has 0 saturated heterocycles. The third kappa shape index (κ3) is 4.21. The maximum absolute atomic E-state index is 13.5. The molecule has 0 bridgehead atoms. The van der Waals surface area contributed by atoms with Crippen LogP contribution >= 0.6 is 39.1 Å². The summed E-state index contributed by atoms with van der Waals surface area (Å²) >= 11 is 15.3. The van der Waals surface area contributed by atoms with E-state index in [0.717, 1.165) is 22.9 Å². The van der Waals surface area contributed by atoms with E-state index in [1.165, 1.54) is 11.6 Å². The number of rotatable bonds is 5. The summed E-state index contributed by atoms with van der Waals surface area (Å²) in [7, 11) is 0. The fraction of sp³-hybridized carbons (Fsp3) is 0.250. The lowest BCUT2D eigenvalue weighted by Gasteiger charge is -2.15. The molecule has 1 atom stereocenters. The predicted molar refractivity (Wildman–Crippen MR) is 87.2 cm³/mol. The summed E-state index contributed by atoms with van der Waals surface area (Å²) in [6.07, 6.45) is 1.59. The first-order chi connectivity index (χ1) is 9.60. The Morgan fingerprint density at radius 3 is 2.50 bits per heavy atom. The van der Waals surface area contributed by atoms with Crippen LogP contribution in [0.5, 0.6) is 0 Å². The van der Waals surface area contributed by atoms with Crippen LogP contribution in [0.25, 0.3) is 0 Å². The van der Waals surface area contributed by atoms with Gasteiger partial charge in [-0.1, -0.05) is 51.8 Å². The minimum Gasteiger partial charge on any atom is -0.205 e. The monoisotopic (exact) mass is 374 g/mol. The SMILES string of the molecule is Fc1cc(CC(CCl)Cc2ccccc2Br)ccc1Cl.